The van der Waals surface area contributed by atoms with Crippen molar-refractivity contribution in [1.82, 2.24) is 5.32 Å². The number of amides is 2. The lowest BCUT2D eigenvalue weighted by Gasteiger charge is -2.14. The van der Waals surface area contributed by atoms with E-state index in [4.69, 9.17) is 9.15 Å². The first-order chi connectivity index (χ1) is 11.7. The van der Waals surface area contributed by atoms with E-state index < -0.39 is 5.91 Å². The molecule has 0 radical (unpaired) electrons. The predicted molar refractivity (Wildman–Crippen MR) is 89.2 cm³/mol. The zero-order valence-electron chi connectivity index (χ0n) is 13.0. The van der Waals surface area contributed by atoms with Crippen molar-refractivity contribution in [2.24, 2.45) is 0 Å². The highest BCUT2D eigenvalue weighted by atomic mass is 16.5. The minimum absolute atomic E-state index is 0.169. The molecule has 1 aromatic heterocycles. The van der Waals surface area contributed by atoms with Crippen molar-refractivity contribution in [3.8, 4) is 5.75 Å². The predicted octanol–water partition coefficient (Wildman–Crippen LogP) is 2.01. The van der Waals surface area contributed by atoms with E-state index in [1.54, 1.807) is 36.4 Å². The van der Waals surface area contributed by atoms with Crippen molar-refractivity contribution in [3.63, 3.8) is 0 Å². The number of ether oxygens (including phenoxy) is 1. The summed E-state index contributed by atoms with van der Waals surface area (Å²) in [7, 11) is 1.50. The second-order valence-corrected chi connectivity index (χ2v) is 5.15. The molecule has 0 aliphatic carbocycles. The molecule has 1 aromatic carbocycles. The molecule has 24 heavy (non-hydrogen) atoms. The smallest absolute Gasteiger partial charge is 0.291 e. The summed E-state index contributed by atoms with van der Waals surface area (Å²) in [6.45, 7) is 0.672. The topological polar surface area (TPSA) is 92.6 Å². The van der Waals surface area contributed by atoms with Crippen LogP contribution in [0.1, 0.15) is 10.6 Å². The maximum absolute atomic E-state index is 12.1. The van der Waals surface area contributed by atoms with Gasteiger partial charge >= 0.3 is 0 Å². The van der Waals surface area contributed by atoms with Gasteiger partial charge in [0.1, 0.15) is 11.8 Å². The molecule has 1 unspecified atom stereocenters. The fraction of sp³-hybridized carbons (Fsp3) is 0.176. The van der Waals surface area contributed by atoms with Crippen LogP contribution in [0.5, 0.6) is 5.75 Å². The molecule has 3 rings (SSSR count). The van der Waals surface area contributed by atoms with E-state index in [1.807, 2.05) is 6.08 Å². The fourth-order valence-corrected chi connectivity index (χ4v) is 2.34. The lowest BCUT2D eigenvalue weighted by Crippen LogP contribution is -2.35. The molecule has 2 heterocycles. The number of rotatable bonds is 5. The summed E-state index contributed by atoms with van der Waals surface area (Å²) >= 11 is 0. The third kappa shape index (κ3) is 3.47. The van der Waals surface area contributed by atoms with Gasteiger partial charge in [0.2, 0.25) is 5.91 Å². The number of nitrogens with one attached hydrogen (secondary N) is 3. The van der Waals surface area contributed by atoms with Crippen molar-refractivity contribution in [2.75, 3.05) is 24.3 Å². The molecule has 0 spiro atoms. The molecule has 1 aliphatic rings. The van der Waals surface area contributed by atoms with Crippen LogP contribution in [0.15, 0.2) is 53.2 Å². The van der Waals surface area contributed by atoms with Gasteiger partial charge in [-0.25, -0.2) is 0 Å². The van der Waals surface area contributed by atoms with Gasteiger partial charge in [-0.05, 0) is 30.3 Å². The highest BCUT2D eigenvalue weighted by molar-refractivity contribution is 6.04. The van der Waals surface area contributed by atoms with E-state index in [0.29, 0.717) is 23.7 Å². The molecule has 2 aromatic rings. The molecular formula is C17H17N3O4. The van der Waals surface area contributed by atoms with Crippen LogP contribution in [0.4, 0.5) is 11.4 Å². The summed E-state index contributed by atoms with van der Waals surface area (Å²) in [5, 5.41) is 8.54. The van der Waals surface area contributed by atoms with Crippen molar-refractivity contribution in [1.29, 1.82) is 0 Å². The Bertz CT molecular complexity index is 768. The van der Waals surface area contributed by atoms with Crippen LogP contribution in [0.2, 0.25) is 0 Å². The van der Waals surface area contributed by atoms with Gasteiger partial charge in [-0.2, -0.15) is 0 Å². The Hall–Kier alpha value is -3.06. The van der Waals surface area contributed by atoms with Crippen LogP contribution in [-0.4, -0.2) is 31.5 Å². The largest absolute Gasteiger partial charge is 0.495 e. The standard InChI is InChI=1S/C17H17N3O4/c1-23-14-7-6-11(19-16(21)12-4-2-8-18-12)10-13(14)20-17(22)15-5-3-9-24-15/h2-7,9-10,12,18H,8H2,1H3,(H,19,21)(H,20,22). The van der Waals surface area contributed by atoms with Crippen LogP contribution in [-0.2, 0) is 4.79 Å². The number of carbonyl (C=O) groups is 2. The molecule has 2 amide bonds. The Kier molecular flexibility index (Phi) is 4.62. The summed E-state index contributed by atoms with van der Waals surface area (Å²) in [5.41, 5.74) is 0.990. The third-order valence-electron chi connectivity index (χ3n) is 3.53. The van der Waals surface area contributed by atoms with E-state index in [9.17, 15) is 9.59 Å². The van der Waals surface area contributed by atoms with Gasteiger partial charge in [0, 0.05) is 12.2 Å². The summed E-state index contributed by atoms with van der Waals surface area (Å²) in [4.78, 5) is 24.3. The number of benzene rings is 1. The van der Waals surface area contributed by atoms with Crippen LogP contribution in [0.25, 0.3) is 0 Å². The molecule has 0 saturated carbocycles. The zero-order chi connectivity index (χ0) is 16.9. The monoisotopic (exact) mass is 327 g/mol. The molecular weight excluding hydrogens is 310 g/mol. The molecule has 0 fully saturated rings. The van der Waals surface area contributed by atoms with E-state index in [0.717, 1.165) is 0 Å². The van der Waals surface area contributed by atoms with E-state index in [1.165, 1.54) is 13.4 Å². The van der Waals surface area contributed by atoms with Crippen LogP contribution >= 0.6 is 0 Å². The van der Waals surface area contributed by atoms with Gasteiger partial charge in [-0.3, -0.25) is 14.9 Å². The van der Waals surface area contributed by atoms with E-state index in [-0.39, 0.29) is 17.7 Å². The number of furan rings is 1. The van der Waals surface area contributed by atoms with Crippen molar-refractivity contribution in [2.45, 2.75) is 6.04 Å². The average Bonchev–Trinajstić information content (AvgIpc) is 3.28. The van der Waals surface area contributed by atoms with Gasteiger partial charge in [-0.1, -0.05) is 12.2 Å². The minimum atomic E-state index is -0.401. The molecule has 7 nitrogen and oxygen atoms in total. The highest BCUT2D eigenvalue weighted by Crippen LogP contribution is 2.28. The van der Waals surface area contributed by atoms with Gasteiger partial charge in [0.05, 0.1) is 19.1 Å². The Morgan fingerprint density at radius 1 is 1.29 bits per heavy atom. The Morgan fingerprint density at radius 3 is 2.83 bits per heavy atom. The summed E-state index contributed by atoms with van der Waals surface area (Å²) in [5.74, 6) is 0.0953. The maximum Gasteiger partial charge on any atom is 0.291 e. The number of anilines is 2. The number of hydrogen-bond acceptors (Lipinski definition) is 5. The third-order valence-corrected chi connectivity index (χ3v) is 3.53. The molecule has 1 atom stereocenters. The number of hydrogen-bond donors (Lipinski definition) is 3. The Balaban J connectivity index is 1.76. The van der Waals surface area contributed by atoms with Crippen molar-refractivity contribution in [3.05, 3.63) is 54.5 Å². The maximum atomic E-state index is 12.1. The average molecular weight is 327 g/mol. The van der Waals surface area contributed by atoms with Gasteiger partial charge in [-0.15, -0.1) is 0 Å². The first-order valence-corrected chi connectivity index (χ1v) is 7.41. The molecule has 0 saturated heterocycles. The summed E-state index contributed by atoms with van der Waals surface area (Å²) in [6.07, 6.45) is 5.12. The SMILES string of the molecule is COc1ccc(NC(=O)C2C=CCN2)cc1NC(=O)c1ccco1. The Morgan fingerprint density at radius 2 is 2.17 bits per heavy atom. The fourth-order valence-electron chi connectivity index (χ4n) is 2.34. The first-order valence-electron chi connectivity index (χ1n) is 7.41. The summed E-state index contributed by atoms with van der Waals surface area (Å²) in [6, 6.07) is 7.85. The summed E-state index contributed by atoms with van der Waals surface area (Å²) < 4.78 is 10.3. The van der Waals surface area contributed by atoms with Crippen molar-refractivity contribution < 1.29 is 18.7 Å². The van der Waals surface area contributed by atoms with Gasteiger partial charge < -0.3 is 19.8 Å². The number of methoxy groups -OCH3 is 1. The zero-order valence-corrected chi connectivity index (χ0v) is 13.0. The highest BCUT2D eigenvalue weighted by Gasteiger charge is 2.18. The normalized spacial score (nSPS) is 16.0. The van der Waals surface area contributed by atoms with Crippen LogP contribution < -0.4 is 20.7 Å². The van der Waals surface area contributed by atoms with Crippen LogP contribution in [0, 0.1) is 0 Å². The molecule has 124 valence electrons. The second kappa shape index (κ2) is 7.01. The molecule has 3 N–H and O–H groups in total. The number of carbonyl (C=O) groups excluding carboxylic acids is 2. The quantitative estimate of drug-likeness (QED) is 0.731. The van der Waals surface area contributed by atoms with E-state index >= 15 is 0 Å². The van der Waals surface area contributed by atoms with E-state index in [2.05, 4.69) is 16.0 Å². The Labute approximate surface area is 138 Å². The molecule has 0 bridgehead atoms. The lowest BCUT2D eigenvalue weighted by molar-refractivity contribution is -0.116. The first kappa shape index (κ1) is 15.8. The van der Waals surface area contributed by atoms with Crippen molar-refractivity contribution >= 4 is 23.2 Å². The molecule has 7 heteroatoms. The second-order valence-electron chi connectivity index (χ2n) is 5.15. The minimum Gasteiger partial charge on any atom is -0.495 e. The van der Waals surface area contributed by atoms with Crippen LogP contribution in [0.3, 0.4) is 0 Å². The lowest BCUT2D eigenvalue weighted by atomic mass is 10.2. The van der Waals surface area contributed by atoms with Gasteiger partial charge in [0.25, 0.3) is 5.91 Å². The van der Waals surface area contributed by atoms with Gasteiger partial charge in [0.15, 0.2) is 5.76 Å². The molecule has 1 aliphatic heterocycles.